The molecule has 0 saturated heterocycles. The minimum absolute atomic E-state index is 0.0260. The van der Waals surface area contributed by atoms with Gasteiger partial charge in [-0.3, -0.25) is 4.79 Å². The molecule has 98 valence electrons. The van der Waals surface area contributed by atoms with E-state index in [0.29, 0.717) is 5.56 Å². The topological polar surface area (TPSA) is 29.1 Å². The summed E-state index contributed by atoms with van der Waals surface area (Å²) < 4.78 is 13.0. The maximum absolute atomic E-state index is 13.0. The number of amides is 1. The van der Waals surface area contributed by atoms with Crippen molar-refractivity contribution >= 4 is 33.4 Å². The quantitative estimate of drug-likeness (QED) is 0.834. The van der Waals surface area contributed by atoms with Gasteiger partial charge in [-0.2, -0.15) is 0 Å². The van der Waals surface area contributed by atoms with Gasteiger partial charge >= 0.3 is 0 Å². The Bertz CT molecular complexity index is 460. The van der Waals surface area contributed by atoms with Crippen molar-refractivity contribution in [1.29, 1.82) is 0 Å². The van der Waals surface area contributed by atoms with Gasteiger partial charge in [0.25, 0.3) is 5.91 Å². The second-order valence-corrected chi connectivity index (χ2v) is 5.67. The van der Waals surface area contributed by atoms with Crippen LogP contribution in [-0.4, -0.2) is 16.8 Å². The Kier molecular flexibility index (Phi) is 4.28. The molecule has 2 nitrogen and oxygen atoms in total. The van der Waals surface area contributed by atoms with E-state index < -0.39 is 5.82 Å². The highest BCUT2D eigenvalue weighted by atomic mass is 79.9. The number of alkyl halides is 1. The molecule has 5 heteroatoms. The summed E-state index contributed by atoms with van der Waals surface area (Å²) in [5.41, 5.74) is 0.228. The highest BCUT2D eigenvalue weighted by molar-refractivity contribution is 9.09. The van der Waals surface area contributed by atoms with Crippen LogP contribution in [0.1, 0.15) is 36.0 Å². The predicted octanol–water partition coefficient (Wildman–Crippen LogP) is 3.92. The van der Waals surface area contributed by atoms with Crippen molar-refractivity contribution in [3.63, 3.8) is 0 Å². The van der Waals surface area contributed by atoms with Gasteiger partial charge in [0, 0.05) is 10.9 Å². The van der Waals surface area contributed by atoms with E-state index in [9.17, 15) is 9.18 Å². The monoisotopic (exact) mass is 333 g/mol. The van der Waals surface area contributed by atoms with Crippen LogP contribution in [-0.2, 0) is 0 Å². The first kappa shape index (κ1) is 13.8. The molecule has 18 heavy (non-hydrogen) atoms. The molecule has 0 spiro atoms. The maximum atomic E-state index is 13.0. The zero-order valence-corrected chi connectivity index (χ0v) is 12.2. The van der Waals surface area contributed by atoms with Crippen LogP contribution in [0, 0.1) is 5.82 Å². The first-order valence-corrected chi connectivity index (χ1v) is 7.40. The molecule has 1 saturated carbocycles. The molecule has 0 heterocycles. The van der Waals surface area contributed by atoms with E-state index in [1.165, 1.54) is 18.2 Å². The third-order valence-electron chi connectivity index (χ3n) is 3.38. The second kappa shape index (κ2) is 5.57. The summed E-state index contributed by atoms with van der Waals surface area (Å²) in [6.07, 6.45) is 4.18. The summed E-state index contributed by atoms with van der Waals surface area (Å²) in [5.74, 6) is -0.706. The molecule has 1 fully saturated rings. The molecule has 0 radical (unpaired) electrons. The first-order valence-electron chi connectivity index (χ1n) is 5.90. The number of hydrogen-bond acceptors (Lipinski definition) is 1. The largest absolute Gasteiger partial charge is 0.346 e. The summed E-state index contributed by atoms with van der Waals surface area (Å²) >= 11 is 9.14. The Morgan fingerprint density at radius 3 is 2.67 bits per heavy atom. The van der Waals surface area contributed by atoms with Crippen LogP contribution in [0.3, 0.4) is 0 Å². The smallest absolute Gasteiger partial charge is 0.251 e. The fourth-order valence-corrected chi connectivity index (χ4v) is 3.18. The minimum atomic E-state index is -0.510. The van der Waals surface area contributed by atoms with Gasteiger partial charge < -0.3 is 5.32 Å². The zero-order chi connectivity index (χ0) is 13.2. The van der Waals surface area contributed by atoms with Gasteiger partial charge in [-0.25, -0.2) is 4.39 Å². The van der Waals surface area contributed by atoms with Crippen LogP contribution in [0.2, 0.25) is 5.02 Å². The Balaban J connectivity index is 2.13. The summed E-state index contributed by atoms with van der Waals surface area (Å²) in [7, 11) is 0. The Morgan fingerprint density at radius 1 is 1.44 bits per heavy atom. The lowest BCUT2D eigenvalue weighted by Gasteiger charge is -2.28. The summed E-state index contributed by atoms with van der Waals surface area (Å²) in [5, 5.41) is 3.75. The van der Waals surface area contributed by atoms with Crippen molar-refractivity contribution in [2.24, 2.45) is 0 Å². The lowest BCUT2D eigenvalue weighted by molar-refractivity contribution is 0.0910. The van der Waals surface area contributed by atoms with Crippen molar-refractivity contribution < 1.29 is 9.18 Å². The van der Waals surface area contributed by atoms with E-state index in [-0.39, 0.29) is 16.5 Å². The fourth-order valence-electron chi connectivity index (χ4n) is 2.29. The van der Waals surface area contributed by atoms with E-state index in [1.54, 1.807) is 0 Å². The molecule has 0 aromatic heterocycles. The number of halogens is 3. The van der Waals surface area contributed by atoms with Crippen LogP contribution >= 0.6 is 27.5 Å². The van der Waals surface area contributed by atoms with Crippen LogP contribution in [0.5, 0.6) is 0 Å². The van der Waals surface area contributed by atoms with Crippen molar-refractivity contribution in [3.8, 4) is 0 Å². The Morgan fingerprint density at radius 2 is 2.11 bits per heavy atom. The molecule has 0 unspecified atom stereocenters. The van der Waals surface area contributed by atoms with E-state index in [2.05, 4.69) is 21.2 Å². The van der Waals surface area contributed by atoms with Gasteiger partial charge in [0.2, 0.25) is 0 Å². The third kappa shape index (κ3) is 2.86. The number of carbonyl (C=O) groups is 1. The second-order valence-electron chi connectivity index (χ2n) is 4.70. The SMILES string of the molecule is O=C(NC1(CBr)CCCC1)c1ccc(F)c(Cl)c1. The molecule has 1 aromatic carbocycles. The number of benzene rings is 1. The van der Waals surface area contributed by atoms with Crippen LogP contribution in [0.15, 0.2) is 18.2 Å². The van der Waals surface area contributed by atoms with Gasteiger partial charge in [0.05, 0.1) is 10.6 Å². The Labute approximate surface area is 119 Å². The normalized spacial score (nSPS) is 17.7. The van der Waals surface area contributed by atoms with Crippen LogP contribution < -0.4 is 5.32 Å². The van der Waals surface area contributed by atoms with Crippen LogP contribution in [0.25, 0.3) is 0 Å². The molecular formula is C13H14BrClFNO. The maximum Gasteiger partial charge on any atom is 0.251 e. The average Bonchev–Trinajstić information content (AvgIpc) is 2.82. The van der Waals surface area contributed by atoms with E-state index in [0.717, 1.165) is 31.0 Å². The highest BCUT2D eigenvalue weighted by Crippen LogP contribution is 2.31. The average molecular weight is 335 g/mol. The van der Waals surface area contributed by atoms with Gasteiger partial charge in [0.15, 0.2) is 0 Å². The van der Waals surface area contributed by atoms with E-state index >= 15 is 0 Å². The lowest BCUT2D eigenvalue weighted by Crippen LogP contribution is -2.47. The van der Waals surface area contributed by atoms with Crippen molar-refractivity contribution in [1.82, 2.24) is 5.32 Å². The zero-order valence-electron chi connectivity index (χ0n) is 9.81. The predicted molar refractivity (Wildman–Crippen MR) is 73.9 cm³/mol. The van der Waals surface area contributed by atoms with Gasteiger partial charge in [0.1, 0.15) is 5.82 Å². The molecule has 1 aliphatic rings. The van der Waals surface area contributed by atoms with E-state index in [1.807, 2.05) is 0 Å². The standard InChI is InChI=1S/C13H14BrClFNO/c14-8-13(5-1-2-6-13)17-12(18)9-3-4-11(16)10(15)7-9/h3-4,7H,1-2,5-6,8H2,(H,17,18). The first-order chi connectivity index (χ1) is 8.56. The number of hydrogen-bond donors (Lipinski definition) is 1. The number of rotatable bonds is 3. The minimum Gasteiger partial charge on any atom is -0.346 e. The molecule has 0 bridgehead atoms. The van der Waals surface area contributed by atoms with Gasteiger partial charge in [-0.05, 0) is 31.0 Å². The fraction of sp³-hybridized carbons (Fsp3) is 0.462. The lowest BCUT2D eigenvalue weighted by atomic mass is 10.00. The summed E-state index contributed by atoms with van der Waals surface area (Å²) in [6.45, 7) is 0. The van der Waals surface area contributed by atoms with Crippen molar-refractivity contribution in [3.05, 3.63) is 34.6 Å². The third-order valence-corrected chi connectivity index (χ3v) is 4.74. The molecule has 1 N–H and O–H groups in total. The molecule has 2 rings (SSSR count). The van der Waals surface area contributed by atoms with Crippen LogP contribution in [0.4, 0.5) is 4.39 Å². The summed E-state index contributed by atoms with van der Waals surface area (Å²) in [4.78, 5) is 12.1. The number of nitrogens with one attached hydrogen (secondary N) is 1. The molecule has 1 aromatic rings. The molecule has 1 aliphatic carbocycles. The number of carbonyl (C=O) groups excluding carboxylic acids is 1. The van der Waals surface area contributed by atoms with E-state index in [4.69, 9.17) is 11.6 Å². The molecule has 1 amide bonds. The van der Waals surface area contributed by atoms with Crippen molar-refractivity contribution in [2.45, 2.75) is 31.2 Å². The summed E-state index contributed by atoms with van der Waals surface area (Å²) in [6, 6.07) is 4.03. The Hall–Kier alpha value is -0.610. The molecule has 0 atom stereocenters. The van der Waals surface area contributed by atoms with Gasteiger partial charge in [-0.1, -0.05) is 40.4 Å². The van der Waals surface area contributed by atoms with Gasteiger partial charge in [-0.15, -0.1) is 0 Å². The molecular weight excluding hydrogens is 321 g/mol. The van der Waals surface area contributed by atoms with Crippen molar-refractivity contribution in [2.75, 3.05) is 5.33 Å². The highest BCUT2D eigenvalue weighted by Gasteiger charge is 2.34. The molecule has 0 aliphatic heterocycles.